The number of allylic oxidation sites excluding steroid dienone is 1. The van der Waals surface area contributed by atoms with Gasteiger partial charge in [-0.1, -0.05) is 53.0 Å². The van der Waals surface area contributed by atoms with Crippen molar-refractivity contribution in [1.82, 2.24) is 0 Å². The van der Waals surface area contributed by atoms with Crippen molar-refractivity contribution in [2.45, 2.75) is 53.4 Å². The zero-order valence-electron chi connectivity index (χ0n) is 9.84. The molecule has 0 spiro atoms. The van der Waals surface area contributed by atoms with Crippen molar-refractivity contribution in [3.8, 4) is 0 Å². The molecule has 0 amide bonds. The molecule has 3 atom stereocenters. The molecular weight excluding hydrogens is 156 g/mol. The van der Waals surface area contributed by atoms with Crippen molar-refractivity contribution in [2.75, 3.05) is 0 Å². The van der Waals surface area contributed by atoms with E-state index in [-0.39, 0.29) is 0 Å². The molecule has 0 N–H and O–H groups in total. The second-order valence-corrected chi connectivity index (χ2v) is 4.31. The predicted octanol–water partition coefficient (Wildman–Crippen LogP) is 4.66. The Balaban J connectivity index is 4.01. The summed E-state index contributed by atoms with van der Waals surface area (Å²) in [6.45, 7) is 13.2. The first-order valence-corrected chi connectivity index (χ1v) is 5.79. The highest BCUT2D eigenvalue weighted by atomic mass is 14.2. The molecule has 0 nitrogen and oxygen atoms in total. The monoisotopic (exact) mass is 182 g/mol. The summed E-state index contributed by atoms with van der Waals surface area (Å²) >= 11 is 0. The van der Waals surface area contributed by atoms with Crippen LogP contribution in [-0.4, -0.2) is 0 Å². The molecule has 78 valence electrons. The first-order chi connectivity index (χ1) is 6.17. The van der Waals surface area contributed by atoms with Crippen LogP contribution in [0.15, 0.2) is 12.7 Å². The van der Waals surface area contributed by atoms with Crippen molar-refractivity contribution in [3.05, 3.63) is 12.7 Å². The van der Waals surface area contributed by atoms with Crippen LogP contribution in [0.25, 0.3) is 0 Å². The summed E-state index contributed by atoms with van der Waals surface area (Å²) in [7, 11) is 0. The molecule has 0 saturated heterocycles. The Kier molecular flexibility index (Phi) is 7.03. The van der Waals surface area contributed by atoms with E-state index in [0.717, 1.165) is 17.8 Å². The fourth-order valence-electron chi connectivity index (χ4n) is 2.07. The van der Waals surface area contributed by atoms with Gasteiger partial charge in [-0.15, -0.1) is 6.58 Å². The van der Waals surface area contributed by atoms with E-state index in [9.17, 15) is 0 Å². The Labute approximate surface area is 84.4 Å². The summed E-state index contributed by atoms with van der Waals surface area (Å²) in [4.78, 5) is 0. The van der Waals surface area contributed by atoms with E-state index in [1.165, 1.54) is 25.7 Å². The van der Waals surface area contributed by atoms with Gasteiger partial charge in [0, 0.05) is 0 Å². The molecule has 0 rings (SSSR count). The highest BCUT2D eigenvalue weighted by molar-refractivity contribution is 4.84. The van der Waals surface area contributed by atoms with Crippen LogP contribution in [-0.2, 0) is 0 Å². The largest absolute Gasteiger partial charge is 0.103 e. The molecule has 0 saturated carbocycles. The molecule has 0 heteroatoms. The van der Waals surface area contributed by atoms with E-state index in [1.54, 1.807) is 0 Å². The summed E-state index contributed by atoms with van der Waals surface area (Å²) in [5.41, 5.74) is 0. The van der Waals surface area contributed by atoms with E-state index in [4.69, 9.17) is 0 Å². The van der Waals surface area contributed by atoms with Gasteiger partial charge in [0.05, 0.1) is 0 Å². The quantitative estimate of drug-likeness (QED) is 0.502. The molecule has 0 aromatic heterocycles. The Morgan fingerprint density at radius 1 is 1.08 bits per heavy atom. The smallest absolute Gasteiger partial charge is 0.0208 e. The van der Waals surface area contributed by atoms with Crippen molar-refractivity contribution >= 4 is 0 Å². The van der Waals surface area contributed by atoms with Gasteiger partial charge in [-0.2, -0.15) is 0 Å². The van der Waals surface area contributed by atoms with Gasteiger partial charge in [0.2, 0.25) is 0 Å². The molecule has 0 aliphatic heterocycles. The van der Waals surface area contributed by atoms with Gasteiger partial charge >= 0.3 is 0 Å². The Hall–Kier alpha value is -0.260. The molecule has 13 heavy (non-hydrogen) atoms. The lowest BCUT2D eigenvalue weighted by Crippen LogP contribution is -2.17. The minimum Gasteiger partial charge on any atom is -0.103 e. The molecule has 0 aromatic rings. The van der Waals surface area contributed by atoms with Crippen molar-refractivity contribution in [1.29, 1.82) is 0 Å². The van der Waals surface area contributed by atoms with Crippen molar-refractivity contribution in [2.24, 2.45) is 17.8 Å². The lowest BCUT2D eigenvalue weighted by Gasteiger charge is -2.26. The fraction of sp³-hybridized carbons (Fsp3) is 0.846. The van der Waals surface area contributed by atoms with E-state index in [1.807, 2.05) is 0 Å². The van der Waals surface area contributed by atoms with Crippen molar-refractivity contribution < 1.29 is 0 Å². The molecule has 0 aliphatic rings. The van der Waals surface area contributed by atoms with Crippen LogP contribution in [0.3, 0.4) is 0 Å². The highest BCUT2D eigenvalue weighted by Gasteiger charge is 2.18. The molecule has 3 unspecified atom stereocenters. The van der Waals surface area contributed by atoms with E-state index >= 15 is 0 Å². The van der Waals surface area contributed by atoms with E-state index in [0.29, 0.717) is 0 Å². The van der Waals surface area contributed by atoms with Gasteiger partial charge in [-0.3, -0.25) is 0 Å². The second kappa shape index (κ2) is 7.17. The summed E-state index contributed by atoms with van der Waals surface area (Å²) in [6, 6.07) is 0. The van der Waals surface area contributed by atoms with Crippen LogP contribution in [0.1, 0.15) is 53.4 Å². The maximum absolute atomic E-state index is 3.94. The van der Waals surface area contributed by atoms with Crippen LogP contribution in [0.5, 0.6) is 0 Å². The molecule has 0 fully saturated rings. The molecule has 0 aliphatic carbocycles. The average Bonchev–Trinajstić information content (AvgIpc) is 2.13. The van der Waals surface area contributed by atoms with Crippen LogP contribution in [0, 0.1) is 17.8 Å². The van der Waals surface area contributed by atoms with E-state index < -0.39 is 0 Å². The lowest BCUT2D eigenvalue weighted by atomic mass is 9.80. The SMILES string of the molecule is C=CC(CCC)C(C)C(C)CCC. The summed E-state index contributed by atoms with van der Waals surface area (Å²) < 4.78 is 0. The van der Waals surface area contributed by atoms with Crippen molar-refractivity contribution in [3.63, 3.8) is 0 Å². The Morgan fingerprint density at radius 2 is 1.62 bits per heavy atom. The van der Waals surface area contributed by atoms with Gasteiger partial charge in [-0.05, 0) is 24.2 Å². The summed E-state index contributed by atoms with van der Waals surface area (Å²) in [5.74, 6) is 2.38. The number of hydrogen-bond acceptors (Lipinski definition) is 0. The average molecular weight is 182 g/mol. The van der Waals surface area contributed by atoms with Crippen LogP contribution < -0.4 is 0 Å². The third-order valence-corrected chi connectivity index (χ3v) is 3.24. The molecule has 0 aromatic carbocycles. The third kappa shape index (κ3) is 4.50. The maximum atomic E-state index is 3.94. The van der Waals surface area contributed by atoms with Gasteiger partial charge in [0.15, 0.2) is 0 Å². The number of hydrogen-bond donors (Lipinski definition) is 0. The fourth-order valence-corrected chi connectivity index (χ4v) is 2.07. The van der Waals surface area contributed by atoms with E-state index in [2.05, 4.69) is 40.3 Å². The van der Waals surface area contributed by atoms with Crippen LogP contribution in [0.4, 0.5) is 0 Å². The molecule has 0 bridgehead atoms. The first-order valence-electron chi connectivity index (χ1n) is 5.79. The van der Waals surface area contributed by atoms with Crippen LogP contribution in [0.2, 0.25) is 0 Å². The molecule has 0 heterocycles. The van der Waals surface area contributed by atoms with Gasteiger partial charge in [0.25, 0.3) is 0 Å². The Bertz CT molecular complexity index is 126. The maximum Gasteiger partial charge on any atom is -0.0208 e. The normalized spacial score (nSPS) is 17.8. The Morgan fingerprint density at radius 3 is 2.00 bits per heavy atom. The van der Waals surface area contributed by atoms with Crippen LogP contribution >= 0.6 is 0 Å². The minimum absolute atomic E-state index is 0.728. The van der Waals surface area contributed by atoms with Gasteiger partial charge < -0.3 is 0 Å². The highest BCUT2D eigenvalue weighted by Crippen LogP contribution is 2.28. The zero-order valence-corrected chi connectivity index (χ0v) is 9.84. The second-order valence-electron chi connectivity index (χ2n) is 4.31. The third-order valence-electron chi connectivity index (χ3n) is 3.24. The first kappa shape index (κ1) is 12.7. The number of rotatable bonds is 7. The van der Waals surface area contributed by atoms with Gasteiger partial charge in [-0.25, -0.2) is 0 Å². The lowest BCUT2D eigenvalue weighted by molar-refractivity contribution is 0.275. The topological polar surface area (TPSA) is 0 Å². The standard InChI is InChI=1S/C13H26/c1-6-9-11(4)12(5)13(8-3)10-7-2/h8,11-13H,3,6-7,9-10H2,1-2,4-5H3. The zero-order chi connectivity index (χ0) is 10.3. The molecule has 0 radical (unpaired) electrons. The minimum atomic E-state index is 0.728. The summed E-state index contributed by atoms with van der Waals surface area (Å²) in [5, 5.41) is 0. The predicted molar refractivity (Wildman–Crippen MR) is 61.8 cm³/mol. The van der Waals surface area contributed by atoms with Gasteiger partial charge in [0.1, 0.15) is 0 Å². The summed E-state index contributed by atoms with van der Waals surface area (Å²) in [6.07, 6.45) is 7.40. The molecular formula is C13H26.